The SMILES string of the molecule is CSC(=S)C1=C(NCCN=Cc2ccccc2Br)CCC1. The molecule has 0 atom stereocenters. The van der Waals surface area contributed by atoms with Gasteiger partial charge in [-0.15, -0.1) is 11.8 Å². The summed E-state index contributed by atoms with van der Waals surface area (Å²) in [6, 6.07) is 8.10. The van der Waals surface area contributed by atoms with Gasteiger partial charge in [-0.3, -0.25) is 4.99 Å². The molecule has 0 aliphatic heterocycles. The van der Waals surface area contributed by atoms with Gasteiger partial charge in [0.2, 0.25) is 0 Å². The van der Waals surface area contributed by atoms with Gasteiger partial charge in [0.1, 0.15) is 0 Å². The standard InChI is InChI=1S/C16H19BrN2S2/c1-21-16(20)13-6-4-8-15(13)19-10-9-18-11-12-5-2-3-7-14(12)17/h2-3,5,7,11,19H,4,6,8-10H2,1H3. The molecular weight excluding hydrogens is 364 g/mol. The number of thiocarbonyl (C=S) groups is 1. The first-order valence-electron chi connectivity index (χ1n) is 7.01. The number of nitrogens with zero attached hydrogens (tertiary/aromatic N) is 1. The summed E-state index contributed by atoms with van der Waals surface area (Å²) in [5.41, 5.74) is 3.78. The van der Waals surface area contributed by atoms with Crippen LogP contribution in [0.4, 0.5) is 0 Å². The lowest BCUT2D eigenvalue weighted by atomic mass is 10.2. The lowest BCUT2D eigenvalue weighted by molar-refractivity contribution is 0.758. The zero-order valence-electron chi connectivity index (χ0n) is 12.1. The zero-order chi connectivity index (χ0) is 15.1. The maximum Gasteiger partial charge on any atom is 0.0752 e. The molecule has 0 saturated carbocycles. The Balaban J connectivity index is 1.82. The van der Waals surface area contributed by atoms with Crippen LogP contribution in [-0.4, -0.2) is 29.8 Å². The number of halogens is 1. The van der Waals surface area contributed by atoms with Crippen LogP contribution in [0.2, 0.25) is 0 Å². The molecule has 0 unspecified atom stereocenters. The van der Waals surface area contributed by atoms with Crippen LogP contribution in [0.5, 0.6) is 0 Å². The minimum Gasteiger partial charge on any atom is -0.386 e. The summed E-state index contributed by atoms with van der Waals surface area (Å²) in [7, 11) is 0. The fourth-order valence-electron chi connectivity index (χ4n) is 2.30. The van der Waals surface area contributed by atoms with E-state index in [1.54, 1.807) is 11.8 Å². The molecule has 1 aliphatic carbocycles. The van der Waals surface area contributed by atoms with E-state index in [1.165, 1.54) is 17.7 Å². The van der Waals surface area contributed by atoms with Gasteiger partial charge >= 0.3 is 0 Å². The van der Waals surface area contributed by atoms with Gasteiger partial charge in [-0.1, -0.05) is 46.3 Å². The van der Waals surface area contributed by atoms with Gasteiger partial charge in [0.15, 0.2) is 0 Å². The molecule has 0 heterocycles. The van der Waals surface area contributed by atoms with Crippen molar-refractivity contribution < 1.29 is 0 Å². The average Bonchev–Trinajstić information content (AvgIpc) is 2.96. The quantitative estimate of drug-likeness (QED) is 0.442. The van der Waals surface area contributed by atoms with Crippen LogP contribution in [0.1, 0.15) is 24.8 Å². The zero-order valence-corrected chi connectivity index (χ0v) is 15.3. The Hall–Kier alpha value is -0.650. The molecule has 5 heteroatoms. The summed E-state index contributed by atoms with van der Waals surface area (Å²) in [6.45, 7) is 1.63. The maximum absolute atomic E-state index is 5.40. The minimum atomic E-state index is 0.768. The lowest BCUT2D eigenvalue weighted by Gasteiger charge is -2.09. The second-order valence-electron chi connectivity index (χ2n) is 4.79. The molecule has 1 aliphatic rings. The van der Waals surface area contributed by atoms with Crippen molar-refractivity contribution in [2.75, 3.05) is 19.3 Å². The molecule has 2 nitrogen and oxygen atoms in total. The number of aliphatic imine (C=N–C) groups is 1. The minimum absolute atomic E-state index is 0.768. The Bertz CT molecular complexity index is 567. The molecule has 21 heavy (non-hydrogen) atoms. The predicted molar refractivity (Wildman–Crippen MR) is 102 cm³/mol. The van der Waals surface area contributed by atoms with Crippen LogP contribution < -0.4 is 5.32 Å². The van der Waals surface area contributed by atoms with E-state index < -0.39 is 0 Å². The normalized spacial score (nSPS) is 15.0. The van der Waals surface area contributed by atoms with E-state index in [9.17, 15) is 0 Å². The molecule has 2 rings (SSSR count). The van der Waals surface area contributed by atoms with E-state index in [2.05, 4.69) is 32.3 Å². The Labute approximate surface area is 144 Å². The van der Waals surface area contributed by atoms with E-state index in [0.717, 1.165) is 40.2 Å². The number of rotatable bonds is 6. The van der Waals surface area contributed by atoms with Crippen LogP contribution in [0.3, 0.4) is 0 Å². The molecule has 0 spiro atoms. The van der Waals surface area contributed by atoms with Crippen molar-refractivity contribution in [1.82, 2.24) is 5.32 Å². The molecular formula is C16H19BrN2S2. The Morgan fingerprint density at radius 3 is 3.00 bits per heavy atom. The predicted octanol–water partition coefficient (Wildman–Crippen LogP) is 4.59. The van der Waals surface area contributed by atoms with Crippen LogP contribution in [-0.2, 0) is 0 Å². The second kappa shape index (κ2) is 8.71. The second-order valence-corrected chi connectivity index (χ2v) is 7.12. The van der Waals surface area contributed by atoms with Crippen molar-refractivity contribution in [2.24, 2.45) is 4.99 Å². The maximum atomic E-state index is 5.40. The van der Waals surface area contributed by atoms with Gasteiger partial charge in [-0.05, 0) is 37.2 Å². The average molecular weight is 383 g/mol. The lowest BCUT2D eigenvalue weighted by Crippen LogP contribution is -2.18. The fraction of sp³-hybridized carbons (Fsp3) is 0.375. The summed E-state index contributed by atoms with van der Waals surface area (Å²) in [5.74, 6) is 0. The number of thioether (sulfide) groups is 1. The fourth-order valence-corrected chi connectivity index (χ4v) is 3.39. The van der Waals surface area contributed by atoms with Crippen molar-refractivity contribution in [3.63, 3.8) is 0 Å². The summed E-state index contributed by atoms with van der Waals surface area (Å²) in [4.78, 5) is 4.48. The smallest absolute Gasteiger partial charge is 0.0752 e. The monoisotopic (exact) mass is 382 g/mol. The molecule has 0 saturated heterocycles. The van der Waals surface area contributed by atoms with Gasteiger partial charge in [0, 0.05) is 28.5 Å². The number of benzene rings is 1. The number of nitrogens with one attached hydrogen (secondary N) is 1. The topological polar surface area (TPSA) is 24.4 Å². The van der Waals surface area contributed by atoms with Crippen molar-refractivity contribution in [1.29, 1.82) is 0 Å². The first-order chi connectivity index (χ1) is 10.2. The number of allylic oxidation sites excluding steroid dienone is 1. The van der Waals surface area contributed by atoms with E-state index in [4.69, 9.17) is 12.2 Å². The van der Waals surface area contributed by atoms with Crippen LogP contribution >= 0.6 is 39.9 Å². The summed E-state index contributed by atoms with van der Waals surface area (Å²) >= 11 is 10.6. The molecule has 1 aromatic carbocycles. The van der Waals surface area contributed by atoms with Crippen molar-refractivity contribution in [3.8, 4) is 0 Å². The van der Waals surface area contributed by atoms with E-state index in [-0.39, 0.29) is 0 Å². The molecule has 1 aromatic rings. The van der Waals surface area contributed by atoms with Crippen LogP contribution in [0, 0.1) is 0 Å². The molecule has 0 bridgehead atoms. The van der Waals surface area contributed by atoms with Gasteiger partial charge in [-0.25, -0.2) is 0 Å². The highest BCUT2D eigenvalue weighted by Crippen LogP contribution is 2.28. The van der Waals surface area contributed by atoms with Gasteiger partial charge in [0.05, 0.1) is 10.7 Å². The number of hydrogen-bond donors (Lipinski definition) is 1. The molecule has 0 aromatic heterocycles. The van der Waals surface area contributed by atoms with Crippen LogP contribution in [0.15, 0.2) is 45.0 Å². The first-order valence-corrected chi connectivity index (χ1v) is 9.43. The van der Waals surface area contributed by atoms with E-state index >= 15 is 0 Å². The molecule has 112 valence electrons. The molecule has 0 fully saturated rings. The molecule has 0 radical (unpaired) electrons. The van der Waals surface area contributed by atoms with Gasteiger partial charge in [0.25, 0.3) is 0 Å². The molecule has 1 N–H and O–H groups in total. The third kappa shape index (κ3) is 4.94. The third-order valence-corrected chi connectivity index (χ3v) is 5.45. The first kappa shape index (κ1) is 16.7. The molecule has 0 amide bonds. The largest absolute Gasteiger partial charge is 0.386 e. The highest BCUT2D eigenvalue weighted by atomic mass is 79.9. The third-order valence-electron chi connectivity index (χ3n) is 3.36. The van der Waals surface area contributed by atoms with Gasteiger partial charge < -0.3 is 5.32 Å². The summed E-state index contributed by atoms with van der Waals surface area (Å²) < 4.78 is 2.11. The van der Waals surface area contributed by atoms with E-state index in [1.807, 2.05) is 30.7 Å². The van der Waals surface area contributed by atoms with Crippen molar-refractivity contribution in [3.05, 3.63) is 45.6 Å². The summed E-state index contributed by atoms with van der Waals surface area (Å²) in [5, 5.41) is 3.50. The Kier molecular flexibility index (Phi) is 6.93. The van der Waals surface area contributed by atoms with Gasteiger partial charge in [-0.2, -0.15) is 0 Å². The Morgan fingerprint density at radius 1 is 1.43 bits per heavy atom. The van der Waals surface area contributed by atoms with E-state index in [0.29, 0.717) is 0 Å². The van der Waals surface area contributed by atoms with Crippen LogP contribution in [0.25, 0.3) is 0 Å². The van der Waals surface area contributed by atoms with Crippen molar-refractivity contribution in [2.45, 2.75) is 19.3 Å². The van der Waals surface area contributed by atoms with Crippen molar-refractivity contribution >= 4 is 50.3 Å². The Morgan fingerprint density at radius 2 is 2.24 bits per heavy atom. The number of hydrogen-bond acceptors (Lipinski definition) is 4. The summed E-state index contributed by atoms with van der Waals surface area (Å²) in [6.07, 6.45) is 7.40. The highest BCUT2D eigenvalue weighted by Gasteiger charge is 2.16. The highest BCUT2D eigenvalue weighted by molar-refractivity contribution is 9.10.